The number of hydrogen-bond donors (Lipinski definition) is 1. The van der Waals surface area contributed by atoms with Crippen LogP contribution in [0.2, 0.25) is 5.02 Å². The minimum absolute atomic E-state index is 0.606. The molecule has 1 heterocycles. The Labute approximate surface area is 128 Å². The summed E-state index contributed by atoms with van der Waals surface area (Å²) in [4.78, 5) is 2.54. The third-order valence-corrected chi connectivity index (χ3v) is 4.60. The number of piperidine rings is 1. The van der Waals surface area contributed by atoms with E-state index in [1.165, 1.54) is 24.1 Å². The molecule has 0 radical (unpaired) electrons. The number of nitrogens with one attached hydrogen (secondary N) is 1. The zero-order chi connectivity index (χ0) is 14.5. The van der Waals surface area contributed by atoms with Crippen molar-refractivity contribution in [2.24, 2.45) is 5.92 Å². The van der Waals surface area contributed by atoms with Crippen molar-refractivity contribution in [3.8, 4) is 0 Å². The highest BCUT2D eigenvalue weighted by molar-refractivity contribution is 6.31. The van der Waals surface area contributed by atoms with Gasteiger partial charge in [-0.2, -0.15) is 0 Å². The van der Waals surface area contributed by atoms with Gasteiger partial charge < -0.3 is 10.2 Å². The van der Waals surface area contributed by atoms with E-state index < -0.39 is 0 Å². The number of rotatable bonds is 5. The molecule has 1 fully saturated rings. The monoisotopic (exact) mass is 294 g/mol. The lowest BCUT2D eigenvalue weighted by Crippen LogP contribution is -2.41. The van der Waals surface area contributed by atoms with Crippen LogP contribution < -0.4 is 10.2 Å². The fourth-order valence-electron chi connectivity index (χ4n) is 3.01. The Kier molecular flexibility index (Phi) is 5.74. The summed E-state index contributed by atoms with van der Waals surface area (Å²) in [6.07, 6.45) is 3.76. The molecule has 1 saturated heterocycles. The van der Waals surface area contributed by atoms with Crippen LogP contribution in [0.5, 0.6) is 0 Å². The normalized spacial score (nSPS) is 23.1. The van der Waals surface area contributed by atoms with Gasteiger partial charge in [-0.15, -0.1) is 0 Å². The number of benzene rings is 1. The van der Waals surface area contributed by atoms with Crippen LogP contribution in [0.4, 0.5) is 5.69 Å². The molecule has 20 heavy (non-hydrogen) atoms. The second kappa shape index (κ2) is 7.33. The van der Waals surface area contributed by atoms with Gasteiger partial charge in [0.05, 0.1) is 0 Å². The van der Waals surface area contributed by atoms with E-state index in [-0.39, 0.29) is 0 Å². The van der Waals surface area contributed by atoms with Gasteiger partial charge in [0.25, 0.3) is 0 Å². The van der Waals surface area contributed by atoms with Gasteiger partial charge in [-0.3, -0.25) is 0 Å². The Morgan fingerprint density at radius 2 is 2.10 bits per heavy atom. The lowest BCUT2D eigenvalue weighted by molar-refractivity contribution is 0.389. The molecule has 0 aliphatic carbocycles. The van der Waals surface area contributed by atoms with Crippen LogP contribution in [-0.4, -0.2) is 19.1 Å². The van der Waals surface area contributed by atoms with Crippen molar-refractivity contribution in [1.82, 2.24) is 5.32 Å². The molecule has 112 valence electrons. The Balaban J connectivity index is 2.23. The largest absolute Gasteiger partial charge is 0.368 e. The van der Waals surface area contributed by atoms with Crippen molar-refractivity contribution in [1.29, 1.82) is 0 Å². The van der Waals surface area contributed by atoms with Crippen molar-refractivity contribution in [2.45, 2.75) is 52.6 Å². The molecule has 0 aromatic heterocycles. The van der Waals surface area contributed by atoms with Crippen molar-refractivity contribution in [3.63, 3.8) is 0 Å². The number of anilines is 1. The molecule has 1 aromatic rings. The summed E-state index contributed by atoms with van der Waals surface area (Å²) >= 11 is 6.44. The van der Waals surface area contributed by atoms with Gasteiger partial charge in [-0.05, 0) is 50.8 Å². The van der Waals surface area contributed by atoms with E-state index in [9.17, 15) is 0 Å². The van der Waals surface area contributed by atoms with E-state index in [1.54, 1.807) is 0 Å². The summed E-state index contributed by atoms with van der Waals surface area (Å²) in [7, 11) is 0. The summed E-state index contributed by atoms with van der Waals surface area (Å²) in [6.45, 7) is 9.91. The number of hydrogen-bond acceptors (Lipinski definition) is 2. The Morgan fingerprint density at radius 1 is 1.30 bits per heavy atom. The molecule has 1 aromatic carbocycles. The molecule has 2 atom stereocenters. The Bertz CT molecular complexity index is 433. The van der Waals surface area contributed by atoms with E-state index in [4.69, 9.17) is 11.6 Å². The first-order chi connectivity index (χ1) is 9.63. The van der Waals surface area contributed by atoms with Crippen LogP contribution in [0.25, 0.3) is 0 Å². The van der Waals surface area contributed by atoms with E-state index >= 15 is 0 Å². The highest BCUT2D eigenvalue weighted by Crippen LogP contribution is 2.33. The molecule has 2 nitrogen and oxygen atoms in total. The van der Waals surface area contributed by atoms with Gasteiger partial charge in [-0.25, -0.2) is 0 Å². The smallest absolute Gasteiger partial charge is 0.0471 e. The first-order valence-corrected chi connectivity index (χ1v) is 8.26. The first kappa shape index (κ1) is 15.7. The highest BCUT2D eigenvalue weighted by atomic mass is 35.5. The van der Waals surface area contributed by atoms with Crippen LogP contribution in [0.1, 0.15) is 45.6 Å². The fourth-order valence-corrected chi connectivity index (χ4v) is 3.24. The van der Waals surface area contributed by atoms with Gasteiger partial charge in [0.2, 0.25) is 0 Å². The number of halogens is 1. The molecule has 2 rings (SSSR count). The van der Waals surface area contributed by atoms with Gasteiger partial charge in [-0.1, -0.05) is 31.5 Å². The van der Waals surface area contributed by atoms with E-state index in [2.05, 4.69) is 43.1 Å². The standard InChI is InChI=1S/C17H27ClN2/c1-4-10-19-11-15-16(18)6-5-7-17(15)20-12-13(2)8-9-14(20)3/h5-7,13-14,19H,4,8-12H2,1-3H3. The van der Waals surface area contributed by atoms with Crippen LogP contribution >= 0.6 is 11.6 Å². The topological polar surface area (TPSA) is 15.3 Å². The molecular formula is C17H27ClN2. The highest BCUT2D eigenvalue weighted by Gasteiger charge is 2.25. The summed E-state index contributed by atoms with van der Waals surface area (Å²) in [5, 5.41) is 4.37. The zero-order valence-corrected chi connectivity index (χ0v) is 13.7. The minimum atomic E-state index is 0.606. The van der Waals surface area contributed by atoms with Crippen molar-refractivity contribution in [3.05, 3.63) is 28.8 Å². The third kappa shape index (κ3) is 3.67. The average molecular weight is 295 g/mol. The second-order valence-corrected chi connectivity index (χ2v) is 6.51. The SMILES string of the molecule is CCCNCc1c(Cl)cccc1N1CC(C)CCC1C. The van der Waals surface area contributed by atoms with E-state index in [0.717, 1.165) is 37.0 Å². The second-order valence-electron chi connectivity index (χ2n) is 6.10. The first-order valence-electron chi connectivity index (χ1n) is 7.88. The summed E-state index contributed by atoms with van der Waals surface area (Å²) in [5.41, 5.74) is 2.57. The molecule has 0 amide bonds. The molecule has 3 heteroatoms. The summed E-state index contributed by atoms with van der Waals surface area (Å²) in [6, 6.07) is 6.91. The fraction of sp³-hybridized carbons (Fsp3) is 0.647. The maximum atomic E-state index is 6.44. The summed E-state index contributed by atoms with van der Waals surface area (Å²) in [5.74, 6) is 0.765. The molecule has 0 bridgehead atoms. The molecule has 1 aliphatic heterocycles. The zero-order valence-electron chi connectivity index (χ0n) is 13.0. The predicted octanol–water partition coefficient (Wildman–Crippen LogP) is 4.46. The minimum Gasteiger partial charge on any atom is -0.368 e. The third-order valence-electron chi connectivity index (χ3n) is 4.25. The van der Waals surface area contributed by atoms with Gasteiger partial charge in [0.15, 0.2) is 0 Å². The van der Waals surface area contributed by atoms with Gasteiger partial charge in [0, 0.05) is 35.4 Å². The van der Waals surface area contributed by atoms with Crippen LogP contribution in [0.3, 0.4) is 0 Å². The summed E-state index contributed by atoms with van der Waals surface area (Å²) < 4.78 is 0. The molecule has 1 aliphatic rings. The molecular weight excluding hydrogens is 268 g/mol. The van der Waals surface area contributed by atoms with Gasteiger partial charge >= 0.3 is 0 Å². The van der Waals surface area contributed by atoms with E-state index in [0.29, 0.717) is 6.04 Å². The molecule has 1 N–H and O–H groups in total. The predicted molar refractivity (Wildman–Crippen MR) is 88.7 cm³/mol. The van der Waals surface area contributed by atoms with Crippen LogP contribution in [-0.2, 0) is 6.54 Å². The maximum absolute atomic E-state index is 6.44. The van der Waals surface area contributed by atoms with Crippen LogP contribution in [0, 0.1) is 5.92 Å². The number of nitrogens with zero attached hydrogens (tertiary/aromatic N) is 1. The molecule has 2 unspecified atom stereocenters. The maximum Gasteiger partial charge on any atom is 0.0471 e. The molecule has 0 saturated carbocycles. The molecule has 0 spiro atoms. The van der Waals surface area contributed by atoms with Crippen LogP contribution in [0.15, 0.2) is 18.2 Å². The lowest BCUT2D eigenvalue weighted by atomic mass is 9.93. The van der Waals surface area contributed by atoms with Gasteiger partial charge in [0.1, 0.15) is 0 Å². The Hall–Kier alpha value is -0.730. The van der Waals surface area contributed by atoms with Crippen molar-refractivity contribution in [2.75, 3.05) is 18.0 Å². The van der Waals surface area contributed by atoms with Crippen molar-refractivity contribution >= 4 is 17.3 Å². The van der Waals surface area contributed by atoms with E-state index in [1.807, 2.05) is 6.07 Å². The average Bonchev–Trinajstić information content (AvgIpc) is 2.43. The quantitative estimate of drug-likeness (QED) is 0.806. The lowest BCUT2D eigenvalue weighted by Gasteiger charge is -2.40. The Morgan fingerprint density at radius 3 is 2.85 bits per heavy atom. The van der Waals surface area contributed by atoms with Crippen molar-refractivity contribution < 1.29 is 0 Å².